The number of carbonyl (C=O) groups is 3. The van der Waals surface area contributed by atoms with Crippen molar-refractivity contribution in [2.45, 2.75) is 12.8 Å². The average molecular weight is 381 g/mol. The third-order valence-corrected chi connectivity index (χ3v) is 3.65. The summed E-state index contributed by atoms with van der Waals surface area (Å²) >= 11 is 5.70. The summed E-state index contributed by atoms with van der Waals surface area (Å²) in [6.07, 6.45) is 3.58. The first kappa shape index (κ1) is 19.1. The van der Waals surface area contributed by atoms with Crippen LogP contribution in [-0.4, -0.2) is 51.6 Å². The Morgan fingerprint density at radius 1 is 1.15 bits per heavy atom. The maximum absolute atomic E-state index is 12.0. The molecule has 1 aromatic heterocycles. The second-order valence-corrected chi connectivity index (χ2v) is 5.62. The van der Waals surface area contributed by atoms with E-state index in [9.17, 15) is 14.4 Å². The molecule has 2 heterocycles. The first-order valence-electron chi connectivity index (χ1n) is 7.55. The van der Waals surface area contributed by atoms with Gasteiger partial charge in [-0.25, -0.2) is 9.97 Å². The predicted octanol–water partition coefficient (Wildman–Crippen LogP) is -0.746. The van der Waals surface area contributed by atoms with Crippen LogP contribution in [0.15, 0.2) is 12.2 Å². The lowest BCUT2D eigenvalue weighted by Gasteiger charge is -2.14. The first-order valence-corrected chi connectivity index (χ1v) is 7.93. The molecule has 12 heteroatoms. The van der Waals surface area contributed by atoms with Crippen LogP contribution in [0.1, 0.15) is 23.3 Å². The summed E-state index contributed by atoms with van der Waals surface area (Å²) in [6.45, 7) is 0.647. The molecule has 1 aliphatic rings. The Hall–Kier alpha value is -3.21. The molecule has 0 spiro atoms. The molecule has 1 aliphatic heterocycles. The summed E-state index contributed by atoms with van der Waals surface area (Å²) in [5.41, 5.74) is 10.7. The Balaban J connectivity index is 1.72. The molecular weight excluding hydrogens is 364 g/mol. The number of rotatable bonds is 6. The fourth-order valence-electron chi connectivity index (χ4n) is 2.09. The van der Waals surface area contributed by atoms with Crippen molar-refractivity contribution in [2.24, 2.45) is 0 Å². The van der Waals surface area contributed by atoms with Crippen LogP contribution >= 0.6 is 11.6 Å². The van der Waals surface area contributed by atoms with Crippen molar-refractivity contribution in [1.82, 2.24) is 25.5 Å². The van der Waals surface area contributed by atoms with E-state index in [4.69, 9.17) is 28.5 Å². The first-order chi connectivity index (χ1) is 12.3. The number of unbranched alkanes of at least 4 members (excludes halogenated alkanes) is 1. The third kappa shape index (κ3) is 4.66. The van der Waals surface area contributed by atoms with Crippen LogP contribution in [0.25, 0.3) is 0 Å². The van der Waals surface area contributed by atoms with E-state index >= 15 is 0 Å². The molecular formula is C14H17ClN8O3. The van der Waals surface area contributed by atoms with Crippen molar-refractivity contribution in [3.05, 3.63) is 23.0 Å². The van der Waals surface area contributed by atoms with Crippen LogP contribution < -0.4 is 22.1 Å². The van der Waals surface area contributed by atoms with Gasteiger partial charge in [0.25, 0.3) is 17.7 Å². The molecule has 0 aromatic carbocycles. The monoisotopic (exact) mass is 380 g/mol. The van der Waals surface area contributed by atoms with E-state index in [0.717, 1.165) is 4.90 Å². The van der Waals surface area contributed by atoms with Gasteiger partial charge in [0, 0.05) is 25.2 Å². The van der Waals surface area contributed by atoms with Crippen LogP contribution in [0.3, 0.4) is 0 Å². The van der Waals surface area contributed by atoms with Crippen LogP contribution in [0, 0.1) is 5.41 Å². The van der Waals surface area contributed by atoms with Crippen LogP contribution in [-0.2, 0) is 9.59 Å². The second kappa shape index (κ2) is 8.25. The number of imide groups is 1. The lowest BCUT2D eigenvalue weighted by molar-refractivity contribution is -0.136. The minimum Gasteiger partial charge on any atom is -0.382 e. The molecule has 0 fully saturated rings. The van der Waals surface area contributed by atoms with Gasteiger partial charge in [0.1, 0.15) is 0 Å². The summed E-state index contributed by atoms with van der Waals surface area (Å²) in [7, 11) is 0. The molecule has 0 unspecified atom stereocenters. The number of nitrogen functional groups attached to an aromatic ring is 2. The molecule has 0 saturated heterocycles. The van der Waals surface area contributed by atoms with Crippen molar-refractivity contribution >= 4 is 46.9 Å². The highest BCUT2D eigenvalue weighted by atomic mass is 35.5. The molecule has 0 radical (unpaired) electrons. The Morgan fingerprint density at radius 3 is 2.46 bits per heavy atom. The van der Waals surface area contributed by atoms with Gasteiger partial charge in [-0.15, -0.1) is 0 Å². The number of hydrogen-bond acceptors (Lipinski definition) is 8. The summed E-state index contributed by atoms with van der Waals surface area (Å²) in [6, 6.07) is 0. The number of carbonyl (C=O) groups excluding carboxylic acids is 3. The highest BCUT2D eigenvalue weighted by Crippen LogP contribution is 2.17. The SMILES string of the molecule is N=C(NCCCCN1C(=O)C=CC1=O)NC(=O)c1nc(Cl)c(N)nc1N. The highest BCUT2D eigenvalue weighted by Gasteiger charge is 2.22. The number of halogens is 1. The quantitative estimate of drug-likeness (QED) is 0.185. The van der Waals surface area contributed by atoms with Gasteiger partial charge in [0.15, 0.2) is 28.4 Å². The van der Waals surface area contributed by atoms with Crippen LogP contribution in [0.5, 0.6) is 0 Å². The van der Waals surface area contributed by atoms with Gasteiger partial charge in [-0.3, -0.25) is 30.0 Å². The number of aromatic nitrogens is 2. The van der Waals surface area contributed by atoms with Gasteiger partial charge < -0.3 is 16.8 Å². The van der Waals surface area contributed by atoms with Crippen molar-refractivity contribution in [1.29, 1.82) is 5.41 Å². The van der Waals surface area contributed by atoms with Crippen molar-refractivity contribution in [3.63, 3.8) is 0 Å². The minimum absolute atomic E-state index is 0.0981. The second-order valence-electron chi connectivity index (χ2n) is 5.26. The summed E-state index contributed by atoms with van der Waals surface area (Å²) in [5.74, 6) is -1.98. The van der Waals surface area contributed by atoms with E-state index in [-0.39, 0.29) is 40.3 Å². The number of amides is 3. The number of guanidine groups is 1. The van der Waals surface area contributed by atoms with Gasteiger partial charge in [-0.1, -0.05) is 11.6 Å². The molecule has 0 bridgehead atoms. The fourth-order valence-corrected chi connectivity index (χ4v) is 2.21. The maximum atomic E-state index is 12.0. The third-order valence-electron chi connectivity index (χ3n) is 3.37. The molecule has 3 amide bonds. The van der Waals surface area contributed by atoms with Crippen molar-refractivity contribution < 1.29 is 14.4 Å². The van der Waals surface area contributed by atoms with Gasteiger partial charge in [0.05, 0.1) is 0 Å². The summed E-state index contributed by atoms with van der Waals surface area (Å²) in [5, 5.41) is 12.4. The van der Waals surface area contributed by atoms with Gasteiger partial charge >= 0.3 is 0 Å². The number of nitrogens with zero attached hydrogens (tertiary/aromatic N) is 3. The van der Waals surface area contributed by atoms with Crippen LogP contribution in [0.4, 0.5) is 11.6 Å². The molecule has 0 saturated carbocycles. The topological polar surface area (TPSA) is 180 Å². The lowest BCUT2D eigenvalue weighted by atomic mass is 10.3. The van der Waals surface area contributed by atoms with E-state index in [0.29, 0.717) is 25.9 Å². The molecule has 138 valence electrons. The number of nitrogens with two attached hydrogens (primary N) is 2. The Morgan fingerprint density at radius 2 is 1.81 bits per heavy atom. The van der Waals surface area contributed by atoms with Crippen LogP contribution in [0.2, 0.25) is 5.15 Å². The van der Waals surface area contributed by atoms with E-state index in [1.54, 1.807) is 0 Å². The molecule has 7 N–H and O–H groups in total. The number of hydrogen-bond donors (Lipinski definition) is 5. The zero-order valence-electron chi connectivity index (χ0n) is 13.6. The molecule has 26 heavy (non-hydrogen) atoms. The molecule has 1 aromatic rings. The van der Waals surface area contributed by atoms with Gasteiger partial charge in [-0.2, -0.15) is 0 Å². The van der Waals surface area contributed by atoms with E-state index in [1.807, 2.05) is 0 Å². The molecule has 0 aliphatic carbocycles. The Labute approximate surface area is 153 Å². The highest BCUT2D eigenvalue weighted by molar-refractivity contribution is 6.31. The zero-order chi connectivity index (χ0) is 19.3. The van der Waals surface area contributed by atoms with E-state index in [1.165, 1.54) is 12.2 Å². The van der Waals surface area contributed by atoms with Crippen molar-refractivity contribution in [3.8, 4) is 0 Å². The smallest absolute Gasteiger partial charge is 0.280 e. The normalized spacial score (nSPS) is 13.2. The standard InChI is InChI=1S/C14H17ClN8O3/c15-10-12(17)21-11(16)9(20-10)13(26)22-14(18)19-5-1-2-6-23-7(24)3-4-8(23)25/h3-4H,1-2,5-6H2,(H4,16,17,21)(H3,18,19,22,26). The largest absolute Gasteiger partial charge is 0.382 e. The summed E-state index contributed by atoms with van der Waals surface area (Å²) in [4.78, 5) is 43.3. The van der Waals surface area contributed by atoms with E-state index < -0.39 is 5.91 Å². The van der Waals surface area contributed by atoms with Crippen molar-refractivity contribution in [2.75, 3.05) is 24.6 Å². The fraction of sp³-hybridized carbons (Fsp3) is 0.286. The zero-order valence-corrected chi connectivity index (χ0v) is 14.3. The average Bonchev–Trinajstić information content (AvgIpc) is 2.89. The number of anilines is 2. The Kier molecular flexibility index (Phi) is 6.07. The molecule has 0 atom stereocenters. The summed E-state index contributed by atoms with van der Waals surface area (Å²) < 4.78 is 0. The molecule has 2 rings (SSSR count). The van der Waals surface area contributed by atoms with Gasteiger partial charge in [-0.05, 0) is 12.8 Å². The molecule has 11 nitrogen and oxygen atoms in total. The maximum Gasteiger partial charge on any atom is 0.280 e. The Bertz CT molecular complexity index is 777. The van der Waals surface area contributed by atoms with E-state index in [2.05, 4.69) is 20.6 Å². The number of nitrogens with one attached hydrogen (secondary N) is 3. The minimum atomic E-state index is -0.756. The lowest BCUT2D eigenvalue weighted by Crippen LogP contribution is -2.41. The predicted molar refractivity (Wildman–Crippen MR) is 94.2 cm³/mol. The van der Waals surface area contributed by atoms with Gasteiger partial charge in [0.2, 0.25) is 0 Å².